The van der Waals surface area contributed by atoms with Crippen molar-refractivity contribution in [3.8, 4) is 0 Å². The molecule has 0 aliphatic heterocycles. The Morgan fingerprint density at radius 2 is 1.44 bits per heavy atom. The van der Waals surface area contributed by atoms with E-state index in [0.717, 1.165) is 5.56 Å². The zero-order valence-corrected chi connectivity index (χ0v) is 15.2. The zero-order valence-electron chi connectivity index (χ0n) is 12.3. The van der Waals surface area contributed by atoms with E-state index in [0.29, 0.717) is 0 Å². The minimum absolute atomic E-state index is 0.372. The fraction of sp³-hybridized carbons (Fsp3) is 0.600. The first kappa shape index (κ1) is 16.0. The Balaban J connectivity index is 2.72. The molecule has 0 saturated heterocycles. The van der Waals surface area contributed by atoms with Gasteiger partial charge in [-0.15, -0.1) is 0 Å². The van der Waals surface area contributed by atoms with Gasteiger partial charge >= 0.3 is 116 Å². The van der Waals surface area contributed by atoms with E-state index in [4.69, 9.17) is 8.11 Å². The van der Waals surface area contributed by atoms with E-state index < -0.39 is 18.8 Å². The van der Waals surface area contributed by atoms with E-state index in [9.17, 15) is 0 Å². The second-order valence-electron chi connectivity index (χ2n) is 5.29. The van der Waals surface area contributed by atoms with Crippen LogP contribution in [0.4, 0.5) is 0 Å². The average molecular weight is 357 g/mol. The van der Waals surface area contributed by atoms with Crippen LogP contribution in [-0.2, 0) is 13.7 Å². The van der Waals surface area contributed by atoms with Gasteiger partial charge in [0.25, 0.3) is 0 Å². The first-order valence-corrected chi connectivity index (χ1v) is 14.1. The Hall–Kier alpha value is -0.0613. The zero-order chi connectivity index (χ0) is 13.6. The van der Waals surface area contributed by atoms with Crippen LogP contribution in [0.15, 0.2) is 30.3 Å². The fourth-order valence-electron chi connectivity index (χ4n) is 2.01. The normalized spacial score (nSPS) is 12.7. The molecule has 0 bridgehead atoms. The van der Waals surface area contributed by atoms with Gasteiger partial charge in [-0.1, -0.05) is 0 Å². The monoisotopic (exact) mass is 358 g/mol. The van der Waals surface area contributed by atoms with Crippen molar-refractivity contribution in [2.75, 3.05) is 0 Å². The van der Waals surface area contributed by atoms with Gasteiger partial charge in [-0.2, -0.15) is 0 Å². The van der Waals surface area contributed by atoms with E-state index in [1.54, 1.807) is 0 Å². The molecule has 0 aromatic heterocycles. The van der Waals surface area contributed by atoms with Crippen molar-refractivity contribution in [3.05, 3.63) is 35.9 Å². The van der Waals surface area contributed by atoms with Crippen LogP contribution in [0.25, 0.3) is 0 Å². The van der Waals surface area contributed by atoms with Gasteiger partial charge in [0.1, 0.15) is 0 Å². The summed E-state index contributed by atoms with van der Waals surface area (Å²) in [4.78, 5) is 5.85. The molecule has 0 heterocycles. The van der Waals surface area contributed by atoms with Gasteiger partial charge in [0.15, 0.2) is 0 Å². The van der Waals surface area contributed by atoms with Crippen molar-refractivity contribution in [1.82, 2.24) is 0 Å². The molecule has 0 aliphatic carbocycles. The molecule has 3 heteroatoms. The van der Waals surface area contributed by atoms with E-state index in [2.05, 4.69) is 46.8 Å². The Morgan fingerprint density at radius 3 is 1.89 bits per heavy atom. The molecule has 0 spiro atoms. The molecule has 0 aliphatic rings. The molecule has 0 N–H and O–H groups in total. The van der Waals surface area contributed by atoms with Gasteiger partial charge in [-0.3, -0.25) is 0 Å². The van der Waals surface area contributed by atoms with Gasteiger partial charge in [0.2, 0.25) is 0 Å². The van der Waals surface area contributed by atoms with Crippen molar-refractivity contribution in [2.24, 2.45) is 0 Å². The molecule has 0 amide bonds. The average Bonchev–Trinajstić information content (AvgIpc) is 2.42. The maximum absolute atomic E-state index is 6.01. The third-order valence-corrected chi connectivity index (χ3v) is 16.1. The molecule has 18 heavy (non-hydrogen) atoms. The van der Waals surface area contributed by atoms with E-state index in [-0.39, 0.29) is 5.60 Å². The van der Waals surface area contributed by atoms with Crippen LogP contribution in [0.1, 0.15) is 40.2 Å². The quantitative estimate of drug-likeness (QED) is 0.394. The summed E-state index contributed by atoms with van der Waals surface area (Å²) < 4.78 is 9.53. The van der Waals surface area contributed by atoms with E-state index in [1.165, 1.54) is 13.3 Å². The van der Waals surface area contributed by atoms with Gasteiger partial charge < -0.3 is 0 Å². The Kier molecular flexibility index (Phi) is 6.15. The maximum atomic E-state index is 6.01. The summed E-state index contributed by atoms with van der Waals surface area (Å²) in [5.41, 5.74) is 0.789. The molecule has 1 aromatic rings. The van der Waals surface area contributed by atoms with Crippen LogP contribution in [0.5, 0.6) is 0 Å². The summed E-state index contributed by atoms with van der Waals surface area (Å²) in [6, 6.07) is 10.3. The topological polar surface area (TPSA) is 18.5 Å². The minimum atomic E-state index is -2.46. The molecule has 1 rings (SSSR count). The van der Waals surface area contributed by atoms with Gasteiger partial charge in [-0.25, -0.2) is 0 Å². The first-order valence-electron chi connectivity index (χ1n) is 6.92. The summed E-state index contributed by atoms with van der Waals surface area (Å²) in [5.74, 6) is 0. The van der Waals surface area contributed by atoms with E-state index in [1.807, 2.05) is 18.2 Å². The molecular weight excluding hydrogens is 331 g/mol. The third kappa shape index (κ3) is 3.97. The summed E-state index contributed by atoms with van der Waals surface area (Å²) in [6.07, 6.45) is 0. The molecular formula is C15H26O2Sn. The third-order valence-electron chi connectivity index (χ3n) is 3.83. The van der Waals surface area contributed by atoms with Crippen LogP contribution in [-0.4, -0.2) is 18.8 Å². The Labute approximate surface area is 116 Å². The van der Waals surface area contributed by atoms with Crippen molar-refractivity contribution in [3.63, 3.8) is 0 Å². The predicted octanol–water partition coefficient (Wildman–Crippen LogP) is 4.88. The molecule has 0 unspecified atom stereocenters. The second kappa shape index (κ2) is 6.92. The fourth-order valence-corrected chi connectivity index (χ4v) is 8.40. The summed E-state index contributed by atoms with van der Waals surface area (Å²) in [7, 11) is 0. The Bertz CT molecular complexity index is 337. The van der Waals surface area contributed by atoms with Gasteiger partial charge in [0, 0.05) is 0 Å². The van der Waals surface area contributed by atoms with Crippen LogP contribution < -0.4 is 0 Å². The molecule has 0 saturated carbocycles. The molecule has 0 atom stereocenters. The second-order valence-corrected chi connectivity index (χ2v) is 18.6. The number of hydrogen-bond acceptors (Lipinski definition) is 2. The van der Waals surface area contributed by atoms with Crippen molar-refractivity contribution >= 4 is 18.8 Å². The van der Waals surface area contributed by atoms with Crippen molar-refractivity contribution in [2.45, 2.75) is 53.5 Å². The summed E-state index contributed by atoms with van der Waals surface area (Å²) in [6.45, 7) is 10.9. The van der Waals surface area contributed by atoms with Crippen LogP contribution in [0, 0.1) is 0 Å². The summed E-state index contributed by atoms with van der Waals surface area (Å²) >= 11 is -2.46. The van der Waals surface area contributed by atoms with Crippen LogP contribution in [0.2, 0.25) is 13.3 Å². The standard InChI is InChI=1S/C9H12O2.3C2H5.Sn/c1-9(2,11-10)8-6-4-3-5-7-8;3*1-2;/h3-7,10H,1-2H3;3*1H2,2H3;/q;;;;+1/p-1. The number of hydrogen-bond donors (Lipinski definition) is 0. The van der Waals surface area contributed by atoms with Gasteiger partial charge in [-0.05, 0) is 0 Å². The van der Waals surface area contributed by atoms with Gasteiger partial charge in [0.05, 0.1) is 0 Å². The number of rotatable bonds is 7. The van der Waals surface area contributed by atoms with Crippen molar-refractivity contribution < 1.29 is 8.11 Å². The Morgan fingerprint density at radius 1 is 0.944 bits per heavy atom. The van der Waals surface area contributed by atoms with Crippen LogP contribution >= 0.6 is 0 Å². The van der Waals surface area contributed by atoms with E-state index >= 15 is 0 Å². The first-order chi connectivity index (χ1) is 8.49. The van der Waals surface area contributed by atoms with Crippen LogP contribution in [0.3, 0.4) is 0 Å². The molecule has 102 valence electrons. The molecule has 1 aromatic carbocycles. The molecule has 0 radical (unpaired) electrons. The number of benzene rings is 1. The predicted molar refractivity (Wildman–Crippen MR) is 78.8 cm³/mol. The SMILES string of the molecule is C[CH2][Sn]([CH2]C)([CH2]C)[O]OC(C)(C)c1ccccc1. The molecule has 0 fully saturated rings. The summed E-state index contributed by atoms with van der Waals surface area (Å²) in [5, 5.41) is 0. The van der Waals surface area contributed by atoms with Crippen molar-refractivity contribution in [1.29, 1.82) is 0 Å². The molecule has 2 nitrogen and oxygen atoms in total.